The van der Waals surface area contributed by atoms with Crippen molar-refractivity contribution in [2.75, 3.05) is 18.0 Å². The third kappa shape index (κ3) is 4.57. The summed E-state index contributed by atoms with van der Waals surface area (Å²) in [5.41, 5.74) is 1.86. The third-order valence-corrected chi connectivity index (χ3v) is 6.05. The predicted molar refractivity (Wildman–Crippen MR) is 116 cm³/mol. The van der Waals surface area contributed by atoms with Crippen LogP contribution in [0.2, 0.25) is 5.02 Å². The number of carbonyl (C=O) groups excluding carboxylic acids is 3. The molecule has 0 N–H and O–H groups in total. The summed E-state index contributed by atoms with van der Waals surface area (Å²) in [6.45, 7) is 6.56. The summed E-state index contributed by atoms with van der Waals surface area (Å²) in [7, 11) is 0. The van der Waals surface area contributed by atoms with Crippen LogP contribution in [0.5, 0.6) is 0 Å². The number of ketones is 1. The minimum Gasteiger partial charge on any atom is -0.306 e. The lowest BCUT2D eigenvalue weighted by molar-refractivity contribution is -0.132. The molecule has 2 aromatic rings. The standard InChI is InChI=1S/C23H19ClF2N4O3/c1-27-20-11-23(25,26)13-30(20)21(32)5-4-19(31)17-6-8-28-12-18(17)29-9-7-14-10-15(24)2-3-16(14)22(29)33/h2-3,6,8,10,12,20H,4-5,7,9,11,13H2/t20-/m0/s1. The molecule has 1 saturated heterocycles. The van der Waals surface area contributed by atoms with E-state index in [9.17, 15) is 23.2 Å². The van der Waals surface area contributed by atoms with Gasteiger partial charge in [-0.3, -0.25) is 29.1 Å². The number of fused-ring (bicyclic) bond motifs is 1. The Hall–Kier alpha value is -3.38. The van der Waals surface area contributed by atoms with Gasteiger partial charge in [-0.1, -0.05) is 11.6 Å². The van der Waals surface area contributed by atoms with Crippen LogP contribution < -0.4 is 4.90 Å². The van der Waals surface area contributed by atoms with Gasteiger partial charge >= 0.3 is 6.17 Å². The highest BCUT2D eigenvalue weighted by atomic mass is 35.5. The van der Waals surface area contributed by atoms with E-state index in [1.54, 1.807) is 18.2 Å². The second-order valence-electron chi connectivity index (χ2n) is 8.02. The quantitative estimate of drug-likeness (QED) is 0.486. The molecule has 1 aromatic heterocycles. The van der Waals surface area contributed by atoms with Crippen molar-refractivity contribution in [2.45, 2.75) is 37.8 Å². The SMILES string of the molecule is [C-]#[N+][C@@H]1CC(F)(F)CN1C(=O)CCC(=O)c1ccncc1N1CCc2cc(Cl)ccc2C1=O. The molecule has 33 heavy (non-hydrogen) atoms. The van der Waals surface area contributed by atoms with Gasteiger partial charge in [0, 0.05) is 41.7 Å². The minimum atomic E-state index is -3.11. The second-order valence-corrected chi connectivity index (χ2v) is 8.45. The van der Waals surface area contributed by atoms with Gasteiger partial charge in [0.25, 0.3) is 11.8 Å². The van der Waals surface area contributed by atoms with Crippen LogP contribution in [-0.4, -0.2) is 52.7 Å². The Bertz CT molecular complexity index is 1180. The summed E-state index contributed by atoms with van der Waals surface area (Å²) in [6.07, 6.45) is 0.909. The van der Waals surface area contributed by atoms with Crippen LogP contribution in [-0.2, 0) is 11.2 Å². The number of alkyl halides is 2. The number of nitrogens with zero attached hydrogens (tertiary/aromatic N) is 4. The van der Waals surface area contributed by atoms with E-state index in [1.165, 1.54) is 23.4 Å². The number of anilines is 1. The molecule has 170 valence electrons. The van der Waals surface area contributed by atoms with Gasteiger partial charge < -0.3 is 4.90 Å². The minimum absolute atomic E-state index is 0.219. The van der Waals surface area contributed by atoms with Crippen molar-refractivity contribution in [2.24, 2.45) is 0 Å². The van der Waals surface area contributed by atoms with E-state index in [4.69, 9.17) is 18.2 Å². The van der Waals surface area contributed by atoms with E-state index in [-0.39, 0.29) is 24.3 Å². The molecular weight excluding hydrogens is 454 g/mol. The van der Waals surface area contributed by atoms with Crippen molar-refractivity contribution in [3.8, 4) is 0 Å². The fourth-order valence-corrected chi connectivity index (χ4v) is 4.38. The van der Waals surface area contributed by atoms with Gasteiger partial charge in [-0.2, -0.15) is 0 Å². The third-order valence-electron chi connectivity index (χ3n) is 5.82. The molecule has 1 aromatic carbocycles. The Labute approximate surface area is 193 Å². The van der Waals surface area contributed by atoms with Gasteiger partial charge in [0.15, 0.2) is 5.78 Å². The van der Waals surface area contributed by atoms with Crippen molar-refractivity contribution in [3.05, 3.63) is 69.8 Å². The van der Waals surface area contributed by atoms with Crippen molar-refractivity contribution < 1.29 is 23.2 Å². The van der Waals surface area contributed by atoms with Crippen molar-refractivity contribution in [1.82, 2.24) is 9.88 Å². The smallest absolute Gasteiger partial charge is 0.306 e. The fraction of sp³-hybridized carbons (Fsp3) is 0.348. The number of rotatable bonds is 5. The van der Waals surface area contributed by atoms with E-state index in [0.29, 0.717) is 29.2 Å². The van der Waals surface area contributed by atoms with E-state index < -0.39 is 36.7 Å². The zero-order chi connectivity index (χ0) is 23.8. The number of halogens is 3. The van der Waals surface area contributed by atoms with Crippen LogP contribution in [0.25, 0.3) is 4.85 Å². The molecule has 7 nitrogen and oxygen atoms in total. The molecule has 2 aliphatic heterocycles. The molecule has 2 aliphatic rings. The van der Waals surface area contributed by atoms with Crippen LogP contribution in [0.1, 0.15) is 45.5 Å². The first-order valence-corrected chi connectivity index (χ1v) is 10.7. The number of pyridine rings is 1. The van der Waals surface area contributed by atoms with Crippen molar-refractivity contribution >= 4 is 34.9 Å². The summed E-state index contributed by atoms with van der Waals surface area (Å²) in [5, 5.41) is 0.535. The first-order valence-electron chi connectivity index (χ1n) is 10.3. The number of likely N-dealkylation sites (tertiary alicyclic amines) is 1. The van der Waals surface area contributed by atoms with Crippen LogP contribution in [0.4, 0.5) is 14.5 Å². The topological polar surface area (TPSA) is 74.9 Å². The molecule has 0 saturated carbocycles. The number of hydrogen-bond donors (Lipinski definition) is 0. The lowest BCUT2D eigenvalue weighted by Gasteiger charge is -2.29. The highest BCUT2D eigenvalue weighted by Gasteiger charge is 2.50. The molecule has 2 amide bonds. The lowest BCUT2D eigenvalue weighted by atomic mass is 9.97. The average Bonchev–Trinajstić information content (AvgIpc) is 3.12. The maximum atomic E-state index is 13.6. The normalized spacial score (nSPS) is 19.2. The van der Waals surface area contributed by atoms with Gasteiger partial charge in [0.1, 0.15) is 6.42 Å². The van der Waals surface area contributed by atoms with Crippen molar-refractivity contribution in [1.29, 1.82) is 0 Å². The summed E-state index contributed by atoms with van der Waals surface area (Å²) < 4.78 is 27.2. The fourth-order valence-electron chi connectivity index (χ4n) is 4.19. The Morgan fingerprint density at radius 2 is 2.06 bits per heavy atom. The molecular formula is C23H19ClF2N4O3. The summed E-state index contributed by atoms with van der Waals surface area (Å²) in [5.74, 6) is -4.48. The van der Waals surface area contributed by atoms with E-state index in [2.05, 4.69) is 9.83 Å². The summed E-state index contributed by atoms with van der Waals surface area (Å²) >= 11 is 6.02. The van der Waals surface area contributed by atoms with Crippen LogP contribution in [0.3, 0.4) is 0 Å². The highest BCUT2D eigenvalue weighted by Crippen LogP contribution is 2.34. The monoisotopic (exact) mass is 472 g/mol. The summed E-state index contributed by atoms with van der Waals surface area (Å²) in [4.78, 5) is 47.9. The first-order chi connectivity index (χ1) is 15.7. The molecule has 4 rings (SSSR count). The zero-order valence-corrected chi connectivity index (χ0v) is 18.2. The zero-order valence-electron chi connectivity index (χ0n) is 17.4. The molecule has 0 spiro atoms. The Morgan fingerprint density at radius 3 is 2.82 bits per heavy atom. The van der Waals surface area contributed by atoms with Gasteiger partial charge in [0.05, 0.1) is 18.4 Å². The predicted octanol–water partition coefficient (Wildman–Crippen LogP) is 4.01. The molecule has 0 bridgehead atoms. The first kappa shape index (κ1) is 22.8. The molecule has 0 aliphatic carbocycles. The van der Waals surface area contributed by atoms with Crippen molar-refractivity contribution in [3.63, 3.8) is 0 Å². The Balaban J connectivity index is 1.49. The molecule has 10 heteroatoms. The Kier molecular flexibility index (Phi) is 6.13. The maximum absolute atomic E-state index is 13.6. The molecule has 1 fully saturated rings. The number of amides is 2. The van der Waals surface area contributed by atoms with Gasteiger partial charge in [0.2, 0.25) is 5.91 Å². The number of aromatic nitrogens is 1. The Morgan fingerprint density at radius 1 is 1.27 bits per heavy atom. The molecule has 1 atom stereocenters. The molecule has 0 radical (unpaired) electrons. The van der Waals surface area contributed by atoms with E-state index in [0.717, 1.165) is 10.5 Å². The average molecular weight is 473 g/mol. The number of hydrogen-bond acceptors (Lipinski definition) is 4. The highest BCUT2D eigenvalue weighted by molar-refractivity contribution is 6.30. The van der Waals surface area contributed by atoms with E-state index in [1.807, 2.05) is 0 Å². The van der Waals surface area contributed by atoms with Crippen LogP contribution in [0.15, 0.2) is 36.7 Å². The van der Waals surface area contributed by atoms with Gasteiger partial charge in [-0.25, -0.2) is 15.4 Å². The maximum Gasteiger partial charge on any atom is 0.306 e. The number of Topliss-reactive ketones (excluding diaryl/α,β-unsaturated/α-hetero) is 1. The second kappa shape index (κ2) is 8.87. The van der Waals surface area contributed by atoms with Crippen LogP contribution >= 0.6 is 11.6 Å². The van der Waals surface area contributed by atoms with Gasteiger partial charge in [-0.05, 0) is 36.2 Å². The van der Waals surface area contributed by atoms with E-state index >= 15 is 0 Å². The van der Waals surface area contributed by atoms with Gasteiger partial charge in [-0.15, -0.1) is 0 Å². The molecule has 0 unspecified atom stereocenters. The van der Waals surface area contributed by atoms with Crippen LogP contribution in [0, 0.1) is 6.57 Å². The number of benzene rings is 1. The number of carbonyl (C=O) groups is 3. The largest absolute Gasteiger partial charge is 0.306 e. The summed E-state index contributed by atoms with van der Waals surface area (Å²) in [6, 6.07) is 6.48. The lowest BCUT2D eigenvalue weighted by Crippen LogP contribution is -2.38. The molecule has 3 heterocycles.